The fourth-order valence-electron chi connectivity index (χ4n) is 1.48. The van der Waals surface area contributed by atoms with Gasteiger partial charge in [0.15, 0.2) is 0 Å². The summed E-state index contributed by atoms with van der Waals surface area (Å²) in [6.07, 6.45) is 3.98. The minimum Gasteiger partial charge on any atom is -0.315 e. The van der Waals surface area contributed by atoms with Crippen LogP contribution in [0, 0.1) is 5.92 Å². The molecule has 0 bridgehead atoms. The molecule has 5 nitrogen and oxygen atoms in total. The predicted octanol–water partition coefficient (Wildman–Crippen LogP) is 0.190. The van der Waals surface area contributed by atoms with Gasteiger partial charge in [0.25, 0.3) is 5.56 Å². The number of hydrogen-bond donors (Lipinski definition) is 2. The number of nitrogens with one attached hydrogen (secondary N) is 2. The summed E-state index contributed by atoms with van der Waals surface area (Å²) >= 11 is 5.64. The molecule has 0 aromatic carbocycles. The molecule has 88 valence electrons. The van der Waals surface area contributed by atoms with Gasteiger partial charge in [-0.1, -0.05) is 11.6 Å². The van der Waals surface area contributed by atoms with Crippen molar-refractivity contribution in [3.05, 3.63) is 32.1 Å². The molecule has 6 heteroatoms. The van der Waals surface area contributed by atoms with E-state index in [9.17, 15) is 9.59 Å². The summed E-state index contributed by atoms with van der Waals surface area (Å²) in [7, 11) is 0. The molecule has 16 heavy (non-hydrogen) atoms. The van der Waals surface area contributed by atoms with Crippen molar-refractivity contribution in [3.63, 3.8) is 0 Å². The van der Waals surface area contributed by atoms with E-state index >= 15 is 0 Å². The molecule has 1 aliphatic rings. The summed E-state index contributed by atoms with van der Waals surface area (Å²) in [6, 6.07) is 0. The molecule has 0 saturated heterocycles. The zero-order valence-corrected chi connectivity index (χ0v) is 9.59. The van der Waals surface area contributed by atoms with Gasteiger partial charge in [0.05, 0.1) is 0 Å². The van der Waals surface area contributed by atoms with Crippen molar-refractivity contribution in [3.8, 4) is 0 Å². The number of H-pyrrole nitrogens is 1. The van der Waals surface area contributed by atoms with E-state index in [2.05, 4.69) is 10.3 Å². The molecule has 1 heterocycles. The molecule has 2 rings (SSSR count). The highest BCUT2D eigenvalue weighted by atomic mass is 35.5. The lowest BCUT2D eigenvalue weighted by molar-refractivity contribution is 0.558. The smallest absolute Gasteiger partial charge is 0.315 e. The lowest BCUT2D eigenvalue weighted by Crippen LogP contribution is -2.33. The zero-order chi connectivity index (χ0) is 11.5. The van der Waals surface area contributed by atoms with Crippen LogP contribution in [0.15, 0.2) is 15.8 Å². The van der Waals surface area contributed by atoms with Gasteiger partial charge < -0.3 is 5.32 Å². The van der Waals surface area contributed by atoms with E-state index in [1.54, 1.807) is 0 Å². The SMILES string of the molecule is O=c1[nH]c(=O)n(CCNCC2CC2)cc1Cl. The maximum absolute atomic E-state index is 11.4. The number of nitrogens with zero attached hydrogens (tertiary/aromatic N) is 1. The molecule has 0 spiro atoms. The van der Waals surface area contributed by atoms with Crippen molar-refractivity contribution in [2.45, 2.75) is 19.4 Å². The van der Waals surface area contributed by atoms with Gasteiger partial charge in [0.1, 0.15) is 5.02 Å². The van der Waals surface area contributed by atoms with Crippen LogP contribution in [0.3, 0.4) is 0 Å². The third-order valence-electron chi connectivity index (χ3n) is 2.63. The Morgan fingerprint density at radius 1 is 1.50 bits per heavy atom. The predicted molar refractivity (Wildman–Crippen MR) is 61.9 cm³/mol. The monoisotopic (exact) mass is 243 g/mol. The van der Waals surface area contributed by atoms with Gasteiger partial charge in [0, 0.05) is 19.3 Å². The highest BCUT2D eigenvalue weighted by molar-refractivity contribution is 6.30. The highest BCUT2D eigenvalue weighted by Crippen LogP contribution is 2.27. The zero-order valence-electron chi connectivity index (χ0n) is 8.83. The van der Waals surface area contributed by atoms with Crippen molar-refractivity contribution in [1.29, 1.82) is 0 Å². The van der Waals surface area contributed by atoms with Crippen LogP contribution in [0.1, 0.15) is 12.8 Å². The summed E-state index contributed by atoms with van der Waals surface area (Å²) in [6.45, 7) is 2.23. The normalized spacial score (nSPS) is 15.3. The van der Waals surface area contributed by atoms with Crippen LogP contribution in [0.5, 0.6) is 0 Å². The van der Waals surface area contributed by atoms with Crippen molar-refractivity contribution < 1.29 is 0 Å². The van der Waals surface area contributed by atoms with Gasteiger partial charge in [-0.05, 0) is 25.3 Å². The van der Waals surface area contributed by atoms with Crippen molar-refractivity contribution in [2.75, 3.05) is 13.1 Å². The molecule has 1 saturated carbocycles. The van der Waals surface area contributed by atoms with E-state index in [0.29, 0.717) is 13.1 Å². The van der Waals surface area contributed by atoms with Crippen LogP contribution < -0.4 is 16.6 Å². The molecule has 1 aromatic heterocycles. The average molecular weight is 244 g/mol. The van der Waals surface area contributed by atoms with Crippen LogP contribution in [0.25, 0.3) is 0 Å². The fourth-order valence-corrected chi connectivity index (χ4v) is 1.64. The Balaban J connectivity index is 1.90. The number of halogens is 1. The Kier molecular flexibility index (Phi) is 3.46. The van der Waals surface area contributed by atoms with Crippen LogP contribution in [-0.4, -0.2) is 22.6 Å². The third kappa shape index (κ3) is 2.96. The van der Waals surface area contributed by atoms with E-state index in [1.165, 1.54) is 23.6 Å². The van der Waals surface area contributed by atoms with Gasteiger partial charge in [-0.15, -0.1) is 0 Å². The molecule has 1 aliphatic carbocycles. The van der Waals surface area contributed by atoms with E-state index in [-0.39, 0.29) is 5.02 Å². The number of aromatic nitrogens is 2. The maximum atomic E-state index is 11.4. The van der Waals surface area contributed by atoms with E-state index in [4.69, 9.17) is 11.6 Å². The van der Waals surface area contributed by atoms with Crippen LogP contribution in [-0.2, 0) is 6.54 Å². The van der Waals surface area contributed by atoms with Gasteiger partial charge in [-0.25, -0.2) is 4.79 Å². The first-order valence-corrected chi connectivity index (χ1v) is 5.74. The Labute approximate surface area is 97.4 Å². The summed E-state index contributed by atoms with van der Waals surface area (Å²) in [5, 5.41) is 3.31. The Bertz CT molecular complexity index is 476. The van der Waals surface area contributed by atoms with Gasteiger partial charge in [0.2, 0.25) is 0 Å². The second-order valence-electron chi connectivity index (χ2n) is 4.08. The first-order chi connectivity index (χ1) is 7.66. The van der Waals surface area contributed by atoms with Crippen molar-refractivity contribution in [2.24, 2.45) is 5.92 Å². The third-order valence-corrected chi connectivity index (χ3v) is 2.90. The molecule has 0 atom stereocenters. The highest BCUT2D eigenvalue weighted by Gasteiger charge is 2.19. The molecule has 0 amide bonds. The van der Waals surface area contributed by atoms with Crippen LogP contribution in [0.4, 0.5) is 0 Å². The largest absolute Gasteiger partial charge is 0.328 e. The Morgan fingerprint density at radius 3 is 2.94 bits per heavy atom. The number of hydrogen-bond acceptors (Lipinski definition) is 3. The van der Waals surface area contributed by atoms with Crippen LogP contribution in [0.2, 0.25) is 5.02 Å². The number of aromatic amines is 1. The first kappa shape index (κ1) is 11.4. The summed E-state index contributed by atoms with van der Waals surface area (Å²) in [5.41, 5.74) is -0.948. The summed E-state index contributed by atoms with van der Waals surface area (Å²) in [5.74, 6) is 0.816. The lowest BCUT2D eigenvalue weighted by Gasteiger charge is -2.06. The molecular formula is C10H14ClN3O2. The van der Waals surface area contributed by atoms with Crippen molar-refractivity contribution in [1.82, 2.24) is 14.9 Å². The van der Waals surface area contributed by atoms with Gasteiger partial charge in [-0.3, -0.25) is 14.3 Å². The molecular weight excluding hydrogens is 230 g/mol. The summed E-state index contributed by atoms with van der Waals surface area (Å²) in [4.78, 5) is 24.5. The van der Waals surface area contributed by atoms with E-state index < -0.39 is 11.2 Å². The lowest BCUT2D eigenvalue weighted by atomic mass is 10.4. The molecule has 0 radical (unpaired) electrons. The minimum absolute atomic E-state index is 0.0433. The molecule has 1 fully saturated rings. The minimum atomic E-state index is -0.533. The molecule has 0 aliphatic heterocycles. The topological polar surface area (TPSA) is 66.9 Å². The fraction of sp³-hybridized carbons (Fsp3) is 0.600. The number of rotatable bonds is 5. The van der Waals surface area contributed by atoms with Crippen molar-refractivity contribution >= 4 is 11.6 Å². The average Bonchev–Trinajstić information content (AvgIpc) is 3.04. The maximum Gasteiger partial charge on any atom is 0.328 e. The molecule has 2 N–H and O–H groups in total. The molecule has 0 unspecified atom stereocenters. The summed E-state index contributed by atoms with van der Waals surface area (Å²) < 4.78 is 1.41. The van der Waals surface area contributed by atoms with Crippen LogP contribution >= 0.6 is 11.6 Å². The first-order valence-electron chi connectivity index (χ1n) is 5.37. The second kappa shape index (κ2) is 4.84. The van der Waals surface area contributed by atoms with Gasteiger partial charge in [-0.2, -0.15) is 0 Å². The second-order valence-corrected chi connectivity index (χ2v) is 4.48. The Hall–Kier alpha value is -1.07. The van der Waals surface area contributed by atoms with E-state index in [1.807, 2.05) is 0 Å². The quantitative estimate of drug-likeness (QED) is 0.726. The molecule has 1 aromatic rings. The van der Waals surface area contributed by atoms with Gasteiger partial charge >= 0.3 is 5.69 Å². The Morgan fingerprint density at radius 2 is 2.25 bits per heavy atom. The van der Waals surface area contributed by atoms with E-state index in [0.717, 1.165) is 12.5 Å². The standard InChI is InChI=1S/C10H14ClN3O2/c11-8-6-14(10(16)13-9(8)15)4-3-12-5-7-1-2-7/h6-7,12H,1-5H2,(H,13,15,16).